The summed E-state index contributed by atoms with van der Waals surface area (Å²) in [5, 5.41) is 2.50. The molecule has 0 unspecified atom stereocenters. The van der Waals surface area contributed by atoms with Gasteiger partial charge in [0.2, 0.25) is 0 Å². The van der Waals surface area contributed by atoms with Gasteiger partial charge in [0.05, 0.1) is 16.4 Å². The quantitative estimate of drug-likeness (QED) is 0.182. The Balaban J connectivity index is 1.18. The maximum absolute atomic E-state index is 2.48. The first kappa shape index (κ1) is 29.1. The molecule has 0 aliphatic heterocycles. The molecule has 2 aliphatic carbocycles. The molecule has 2 aliphatic rings. The molecule has 2 heteroatoms. The zero-order chi connectivity index (χ0) is 34.4. The van der Waals surface area contributed by atoms with Crippen molar-refractivity contribution >= 4 is 38.9 Å². The van der Waals surface area contributed by atoms with Crippen LogP contribution in [0.25, 0.3) is 49.7 Å². The fourth-order valence-electron chi connectivity index (χ4n) is 9.37. The van der Waals surface area contributed by atoms with Gasteiger partial charge in [-0.25, -0.2) is 0 Å². The van der Waals surface area contributed by atoms with Gasteiger partial charge in [0.25, 0.3) is 0 Å². The van der Waals surface area contributed by atoms with Gasteiger partial charge < -0.3 is 9.47 Å². The zero-order valence-corrected chi connectivity index (χ0v) is 28.8. The minimum absolute atomic E-state index is 0.401. The molecule has 2 nitrogen and oxygen atoms in total. The van der Waals surface area contributed by atoms with Crippen molar-refractivity contribution in [3.05, 3.63) is 216 Å². The van der Waals surface area contributed by atoms with Crippen LogP contribution in [0.3, 0.4) is 0 Å². The van der Waals surface area contributed by atoms with E-state index in [0.717, 1.165) is 17.1 Å². The highest BCUT2D eigenvalue weighted by Gasteiger charge is 2.51. The normalized spacial score (nSPS) is 13.2. The molecule has 0 N–H and O–H groups in total. The third kappa shape index (κ3) is 3.89. The Morgan fingerprint density at radius 1 is 0.385 bits per heavy atom. The molecule has 1 heterocycles. The Hall–Kier alpha value is -6.64. The maximum Gasteiger partial charge on any atom is 0.0726 e. The molecule has 1 spiro atoms. The largest absolute Gasteiger partial charge is 0.310 e. The van der Waals surface area contributed by atoms with Crippen LogP contribution in [0.2, 0.25) is 0 Å². The third-order valence-corrected chi connectivity index (χ3v) is 11.4. The SMILES string of the molecule is Cc1ccc2c(c1)c1cc(N(c3ccccc3)c3ccc4c(c3)C3(c5ccccc5-c5ccccc53)c3ccccc3-4)ccc1n2-c1ccccc1. The lowest BCUT2D eigenvalue weighted by molar-refractivity contribution is 0.793. The summed E-state index contributed by atoms with van der Waals surface area (Å²) in [7, 11) is 0. The first-order chi connectivity index (χ1) is 25.7. The molecule has 0 saturated heterocycles. The monoisotopic (exact) mass is 662 g/mol. The minimum atomic E-state index is -0.401. The van der Waals surface area contributed by atoms with E-state index in [-0.39, 0.29) is 0 Å². The Kier molecular flexibility index (Phi) is 6.12. The maximum atomic E-state index is 2.48. The van der Waals surface area contributed by atoms with Crippen molar-refractivity contribution < 1.29 is 0 Å². The first-order valence-electron chi connectivity index (χ1n) is 18.1. The Morgan fingerprint density at radius 3 is 1.50 bits per heavy atom. The van der Waals surface area contributed by atoms with Crippen LogP contribution in [0.4, 0.5) is 17.1 Å². The summed E-state index contributed by atoms with van der Waals surface area (Å²) in [6.07, 6.45) is 0. The topological polar surface area (TPSA) is 8.17 Å². The van der Waals surface area contributed by atoms with Crippen LogP contribution in [0, 0.1) is 6.92 Å². The molecule has 0 bridgehead atoms. The molecule has 9 aromatic rings. The van der Waals surface area contributed by atoms with Gasteiger partial charge in [-0.15, -0.1) is 0 Å². The summed E-state index contributed by atoms with van der Waals surface area (Å²) in [5.41, 5.74) is 18.5. The van der Waals surface area contributed by atoms with E-state index >= 15 is 0 Å². The van der Waals surface area contributed by atoms with E-state index in [1.54, 1.807) is 0 Å². The Bertz CT molecular complexity index is 2800. The summed E-state index contributed by atoms with van der Waals surface area (Å²) >= 11 is 0. The lowest BCUT2D eigenvalue weighted by Gasteiger charge is -2.32. The van der Waals surface area contributed by atoms with E-state index in [4.69, 9.17) is 0 Å². The highest BCUT2D eigenvalue weighted by molar-refractivity contribution is 6.11. The number of hydrogen-bond donors (Lipinski definition) is 0. The van der Waals surface area contributed by atoms with Gasteiger partial charge in [0, 0.05) is 33.5 Å². The predicted molar refractivity (Wildman–Crippen MR) is 216 cm³/mol. The van der Waals surface area contributed by atoms with Gasteiger partial charge >= 0.3 is 0 Å². The molecule has 0 atom stereocenters. The second kappa shape index (κ2) is 10.9. The number of nitrogens with zero attached hydrogens (tertiary/aromatic N) is 2. The highest BCUT2D eigenvalue weighted by Crippen LogP contribution is 2.63. The summed E-state index contributed by atoms with van der Waals surface area (Å²) in [6, 6.07) is 69.6. The van der Waals surface area contributed by atoms with Gasteiger partial charge in [0.15, 0.2) is 0 Å². The second-order valence-electron chi connectivity index (χ2n) is 14.2. The van der Waals surface area contributed by atoms with Crippen LogP contribution in [-0.4, -0.2) is 4.57 Å². The predicted octanol–water partition coefficient (Wildman–Crippen LogP) is 12.9. The van der Waals surface area contributed by atoms with Gasteiger partial charge in [-0.1, -0.05) is 127 Å². The molecule has 244 valence electrons. The summed E-state index contributed by atoms with van der Waals surface area (Å²) < 4.78 is 2.39. The molecule has 0 saturated carbocycles. The molecule has 52 heavy (non-hydrogen) atoms. The van der Waals surface area contributed by atoms with E-state index in [0.29, 0.717) is 0 Å². The molecule has 0 amide bonds. The number of hydrogen-bond acceptors (Lipinski definition) is 1. The zero-order valence-electron chi connectivity index (χ0n) is 28.8. The van der Waals surface area contributed by atoms with Crippen LogP contribution in [0.15, 0.2) is 188 Å². The van der Waals surface area contributed by atoms with Crippen molar-refractivity contribution in [1.82, 2.24) is 4.57 Å². The molecular weight excluding hydrogens is 629 g/mol. The lowest BCUT2D eigenvalue weighted by atomic mass is 9.70. The molecule has 0 radical (unpaired) electrons. The summed E-state index contributed by atoms with van der Waals surface area (Å²) in [5.74, 6) is 0. The van der Waals surface area contributed by atoms with Gasteiger partial charge in [-0.2, -0.15) is 0 Å². The number of benzene rings is 8. The van der Waals surface area contributed by atoms with Crippen LogP contribution in [0.5, 0.6) is 0 Å². The van der Waals surface area contributed by atoms with E-state index in [1.165, 1.54) is 77.6 Å². The van der Waals surface area contributed by atoms with E-state index in [1.807, 2.05) is 0 Å². The summed E-state index contributed by atoms with van der Waals surface area (Å²) in [4.78, 5) is 2.44. The highest BCUT2D eigenvalue weighted by atomic mass is 15.1. The van der Waals surface area contributed by atoms with Crippen molar-refractivity contribution in [1.29, 1.82) is 0 Å². The Morgan fingerprint density at radius 2 is 0.865 bits per heavy atom. The third-order valence-electron chi connectivity index (χ3n) is 11.4. The number of aryl methyl sites for hydroxylation is 1. The molecule has 11 rings (SSSR count). The van der Waals surface area contributed by atoms with Crippen molar-refractivity contribution in [3.63, 3.8) is 0 Å². The number of para-hydroxylation sites is 2. The first-order valence-corrected chi connectivity index (χ1v) is 18.1. The van der Waals surface area contributed by atoms with Crippen LogP contribution < -0.4 is 4.90 Å². The lowest BCUT2D eigenvalue weighted by Crippen LogP contribution is -2.26. The second-order valence-corrected chi connectivity index (χ2v) is 14.2. The van der Waals surface area contributed by atoms with Crippen molar-refractivity contribution in [2.75, 3.05) is 4.90 Å². The fraction of sp³-hybridized carbons (Fsp3) is 0.0400. The van der Waals surface area contributed by atoms with Crippen molar-refractivity contribution in [2.45, 2.75) is 12.3 Å². The average molecular weight is 663 g/mol. The van der Waals surface area contributed by atoms with Crippen molar-refractivity contribution in [2.24, 2.45) is 0 Å². The summed E-state index contributed by atoms with van der Waals surface area (Å²) in [6.45, 7) is 2.18. The van der Waals surface area contributed by atoms with Gasteiger partial charge in [-0.05, 0) is 118 Å². The number of fused-ring (bicyclic) bond motifs is 13. The van der Waals surface area contributed by atoms with Crippen molar-refractivity contribution in [3.8, 4) is 27.9 Å². The smallest absolute Gasteiger partial charge is 0.0726 e. The molecular formula is C50H34N2. The van der Waals surface area contributed by atoms with E-state index in [2.05, 4.69) is 204 Å². The van der Waals surface area contributed by atoms with Gasteiger partial charge in [0.1, 0.15) is 0 Å². The standard InChI is InChI=1S/C50H34N2/c1-33-24-28-48-42(30-33)43-31-36(26-29-49(43)52(48)35-16-6-3-7-17-35)51(34-14-4-2-5-15-34)37-25-27-41-40-20-10-13-23-46(40)50(47(41)32-37)44-21-11-8-18-38(44)39-19-9-12-22-45(39)50/h2-32H,1H3. The molecule has 0 fully saturated rings. The van der Waals surface area contributed by atoms with E-state index < -0.39 is 5.41 Å². The average Bonchev–Trinajstić information content (AvgIpc) is 3.80. The van der Waals surface area contributed by atoms with Crippen LogP contribution >= 0.6 is 0 Å². The fourth-order valence-corrected chi connectivity index (χ4v) is 9.37. The number of anilines is 3. The van der Waals surface area contributed by atoms with E-state index in [9.17, 15) is 0 Å². The molecule has 8 aromatic carbocycles. The van der Waals surface area contributed by atoms with Crippen LogP contribution in [-0.2, 0) is 5.41 Å². The van der Waals surface area contributed by atoms with Crippen LogP contribution in [0.1, 0.15) is 27.8 Å². The Labute approximate surface area is 303 Å². The number of rotatable bonds is 4. The molecule has 1 aromatic heterocycles. The van der Waals surface area contributed by atoms with Gasteiger partial charge in [-0.3, -0.25) is 0 Å². The number of aromatic nitrogens is 1. The minimum Gasteiger partial charge on any atom is -0.310 e.